The van der Waals surface area contributed by atoms with Crippen molar-refractivity contribution >= 4 is 29.1 Å². The van der Waals surface area contributed by atoms with Crippen LogP contribution < -0.4 is 10.1 Å². The maximum atomic E-state index is 12.6. The summed E-state index contributed by atoms with van der Waals surface area (Å²) in [5, 5.41) is 3.55. The molecule has 1 unspecified atom stereocenters. The van der Waals surface area contributed by atoms with Gasteiger partial charge >= 0.3 is 0 Å². The molecule has 1 aliphatic rings. The van der Waals surface area contributed by atoms with Crippen LogP contribution in [-0.4, -0.2) is 29.9 Å². The maximum absolute atomic E-state index is 12.6. The van der Waals surface area contributed by atoms with Gasteiger partial charge in [0.25, 0.3) is 0 Å². The molecule has 5 nitrogen and oxygen atoms in total. The minimum absolute atomic E-state index is 0.0156. The number of para-hydroxylation sites is 2. The highest BCUT2D eigenvalue weighted by Gasteiger charge is 2.34. The van der Waals surface area contributed by atoms with Crippen LogP contribution in [0.25, 0.3) is 0 Å². The highest BCUT2D eigenvalue weighted by atomic mass is 35.5. The molecule has 1 fully saturated rings. The molecule has 0 radical (unpaired) electrons. The van der Waals surface area contributed by atoms with Crippen molar-refractivity contribution in [3.8, 4) is 5.75 Å². The van der Waals surface area contributed by atoms with E-state index >= 15 is 0 Å². The van der Waals surface area contributed by atoms with Crippen LogP contribution in [-0.2, 0) is 16.1 Å². The number of amides is 2. The van der Waals surface area contributed by atoms with Crippen molar-refractivity contribution in [1.29, 1.82) is 0 Å². The van der Waals surface area contributed by atoms with Gasteiger partial charge in [-0.2, -0.15) is 0 Å². The summed E-state index contributed by atoms with van der Waals surface area (Å²) < 4.78 is 5.53. The standard InChI is InChI=1S/C20H21ClN2O3/c1-2-26-18-6-4-3-5-17(18)22-20(25)15-11-19(24)23(13-15)12-14-7-9-16(21)10-8-14/h3-10,15H,2,11-13H2,1H3,(H,22,25). The van der Waals surface area contributed by atoms with Crippen molar-refractivity contribution < 1.29 is 14.3 Å². The fraction of sp³-hybridized carbons (Fsp3) is 0.300. The first-order valence-corrected chi connectivity index (χ1v) is 8.99. The lowest BCUT2D eigenvalue weighted by Gasteiger charge is -2.17. The fourth-order valence-electron chi connectivity index (χ4n) is 3.00. The monoisotopic (exact) mass is 372 g/mol. The summed E-state index contributed by atoms with van der Waals surface area (Å²) in [5.74, 6) is 0.0810. The number of benzene rings is 2. The van der Waals surface area contributed by atoms with Crippen LogP contribution in [0.2, 0.25) is 5.02 Å². The van der Waals surface area contributed by atoms with E-state index in [0.717, 1.165) is 5.56 Å². The lowest BCUT2D eigenvalue weighted by molar-refractivity contribution is -0.128. The molecule has 26 heavy (non-hydrogen) atoms. The summed E-state index contributed by atoms with van der Waals surface area (Å²) in [6, 6.07) is 14.7. The molecule has 2 aromatic rings. The van der Waals surface area contributed by atoms with Crippen LogP contribution in [0.3, 0.4) is 0 Å². The Morgan fingerprint density at radius 2 is 1.96 bits per heavy atom. The number of anilines is 1. The molecule has 1 heterocycles. The molecule has 0 aliphatic carbocycles. The Bertz CT molecular complexity index is 792. The number of likely N-dealkylation sites (tertiary alicyclic amines) is 1. The Hall–Kier alpha value is -2.53. The zero-order valence-electron chi connectivity index (χ0n) is 14.6. The van der Waals surface area contributed by atoms with Crippen LogP contribution in [0, 0.1) is 5.92 Å². The third kappa shape index (κ3) is 4.35. The predicted molar refractivity (Wildman–Crippen MR) is 101 cm³/mol. The first kappa shape index (κ1) is 18.3. The minimum Gasteiger partial charge on any atom is -0.492 e. The van der Waals surface area contributed by atoms with Gasteiger partial charge in [-0.05, 0) is 36.8 Å². The largest absolute Gasteiger partial charge is 0.492 e. The summed E-state index contributed by atoms with van der Waals surface area (Å²) >= 11 is 5.89. The van der Waals surface area contributed by atoms with Crippen molar-refractivity contribution in [3.05, 3.63) is 59.1 Å². The van der Waals surface area contributed by atoms with E-state index < -0.39 is 0 Å². The van der Waals surface area contributed by atoms with E-state index in [2.05, 4.69) is 5.32 Å². The average molecular weight is 373 g/mol. The molecule has 1 atom stereocenters. The Balaban J connectivity index is 1.63. The normalized spacial score (nSPS) is 16.6. The quantitative estimate of drug-likeness (QED) is 0.840. The zero-order valence-corrected chi connectivity index (χ0v) is 15.3. The van der Waals surface area contributed by atoms with Crippen LogP contribution in [0.15, 0.2) is 48.5 Å². The molecule has 136 valence electrons. The average Bonchev–Trinajstić information content (AvgIpc) is 3.00. The smallest absolute Gasteiger partial charge is 0.229 e. The van der Waals surface area contributed by atoms with E-state index in [1.807, 2.05) is 37.3 Å². The number of ether oxygens (including phenoxy) is 1. The summed E-state index contributed by atoms with van der Waals surface area (Å²) in [6.45, 7) is 3.30. The van der Waals surface area contributed by atoms with E-state index in [9.17, 15) is 9.59 Å². The fourth-order valence-corrected chi connectivity index (χ4v) is 3.12. The van der Waals surface area contributed by atoms with Gasteiger partial charge in [0.1, 0.15) is 5.75 Å². The predicted octanol–water partition coefficient (Wildman–Crippen LogP) is 3.73. The van der Waals surface area contributed by atoms with Gasteiger partial charge in [-0.1, -0.05) is 35.9 Å². The Morgan fingerprint density at radius 1 is 1.23 bits per heavy atom. The topological polar surface area (TPSA) is 58.6 Å². The molecule has 0 bridgehead atoms. The summed E-state index contributed by atoms with van der Waals surface area (Å²) in [6.07, 6.45) is 0.218. The molecule has 3 rings (SSSR count). The van der Waals surface area contributed by atoms with Crippen molar-refractivity contribution in [2.24, 2.45) is 5.92 Å². The lowest BCUT2D eigenvalue weighted by atomic mass is 10.1. The summed E-state index contributed by atoms with van der Waals surface area (Å²) in [5.41, 5.74) is 1.62. The van der Waals surface area contributed by atoms with Gasteiger partial charge in [0.2, 0.25) is 11.8 Å². The van der Waals surface area contributed by atoms with E-state index in [1.165, 1.54) is 0 Å². The first-order chi connectivity index (χ1) is 12.6. The third-order valence-corrected chi connectivity index (χ3v) is 4.57. The molecular weight excluding hydrogens is 352 g/mol. The Morgan fingerprint density at radius 3 is 2.69 bits per heavy atom. The van der Waals surface area contributed by atoms with E-state index in [-0.39, 0.29) is 24.2 Å². The number of halogens is 1. The first-order valence-electron chi connectivity index (χ1n) is 8.61. The number of rotatable bonds is 6. The third-order valence-electron chi connectivity index (χ3n) is 4.32. The molecule has 1 saturated heterocycles. The van der Waals surface area contributed by atoms with Crippen LogP contribution in [0.5, 0.6) is 5.75 Å². The van der Waals surface area contributed by atoms with Crippen LogP contribution in [0.4, 0.5) is 5.69 Å². The van der Waals surface area contributed by atoms with Gasteiger partial charge < -0.3 is 15.0 Å². The molecule has 0 aromatic heterocycles. The van der Waals surface area contributed by atoms with Crippen molar-refractivity contribution in [2.45, 2.75) is 19.9 Å². The second-order valence-electron chi connectivity index (χ2n) is 6.22. The van der Waals surface area contributed by atoms with E-state index in [4.69, 9.17) is 16.3 Å². The SMILES string of the molecule is CCOc1ccccc1NC(=O)C1CC(=O)N(Cc2ccc(Cl)cc2)C1. The Labute approximate surface area is 157 Å². The van der Waals surface area contributed by atoms with Crippen molar-refractivity contribution in [3.63, 3.8) is 0 Å². The number of hydrogen-bond acceptors (Lipinski definition) is 3. The highest BCUT2D eigenvalue weighted by molar-refractivity contribution is 6.30. The summed E-state index contributed by atoms with van der Waals surface area (Å²) in [4.78, 5) is 26.6. The molecule has 6 heteroatoms. The van der Waals surface area contributed by atoms with Crippen LogP contribution in [0.1, 0.15) is 18.9 Å². The van der Waals surface area contributed by atoms with E-state index in [0.29, 0.717) is 36.2 Å². The number of hydrogen-bond donors (Lipinski definition) is 1. The zero-order chi connectivity index (χ0) is 18.5. The lowest BCUT2D eigenvalue weighted by Crippen LogP contribution is -2.28. The van der Waals surface area contributed by atoms with E-state index in [1.54, 1.807) is 23.1 Å². The summed E-state index contributed by atoms with van der Waals surface area (Å²) in [7, 11) is 0. The number of carbonyl (C=O) groups excluding carboxylic acids is 2. The van der Waals surface area contributed by atoms with Gasteiger partial charge in [0, 0.05) is 24.5 Å². The molecule has 2 aromatic carbocycles. The second-order valence-corrected chi connectivity index (χ2v) is 6.66. The minimum atomic E-state index is -0.371. The number of nitrogens with zero attached hydrogens (tertiary/aromatic N) is 1. The molecule has 0 saturated carbocycles. The van der Waals surface area contributed by atoms with Crippen LogP contribution >= 0.6 is 11.6 Å². The van der Waals surface area contributed by atoms with Gasteiger partial charge in [-0.25, -0.2) is 0 Å². The Kier molecular flexibility index (Phi) is 5.78. The van der Waals surface area contributed by atoms with Gasteiger partial charge in [0.15, 0.2) is 0 Å². The van der Waals surface area contributed by atoms with Crippen molar-refractivity contribution in [2.75, 3.05) is 18.5 Å². The highest BCUT2D eigenvalue weighted by Crippen LogP contribution is 2.27. The van der Waals surface area contributed by atoms with Crippen molar-refractivity contribution in [1.82, 2.24) is 4.90 Å². The molecule has 0 spiro atoms. The maximum Gasteiger partial charge on any atom is 0.229 e. The van der Waals surface area contributed by atoms with Gasteiger partial charge in [-0.15, -0.1) is 0 Å². The van der Waals surface area contributed by atoms with Gasteiger partial charge in [-0.3, -0.25) is 9.59 Å². The number of nitrogens with one attached hydrogen (secondary N) is 1. The second kappa shape index (κ2) is 8.23. The molecule has 1 aliphatic heterocycles. The molecule has 2 amide bonds. The van der Waals surface area contributed by atoms with Gasteiger partial charge in [0.05, 0.1) is 18.2 Å². The number of carbonyl (C=O) groups is 2. The molecular formula is C20H21ClN2O3. The molecule has 1 N–H and O–H groups in total.